The lowest BCUT2D eigenvalue weighted by atomic mass is 10.0. The fourth-order valence-corrected chi connectivity index (χ4v) is 6.65. The third-order valence-electron chi connectivity index (χ3n) is 7.41. The Labute approximate surface area is 280 Å². The molecule has 46 heavy (non-hydrogen) atoms. The van der Waals surface area contributed by atoms with Gasteiger partial charge in [0.15, 0.2) is 0 Å². The molecule has 0 fully saturated rings. The smallest absolute Gasteiger partial charge is 0.264 e. The Hall–Kier alpha value is -4.15. The van der Waals surface area contributed by atoms with Crippen LogP contribution < -0.4 is 14.4 Å². The van der Waals surface area contributed by atoms with Gasteiger partial charge in [-0.15, -0.1) is 0 Å². The van der Waals surface area contributed by atoms with Gasteiger partial charge in [0.2, 0.25) is 11.8 Å². The van der Waals surface area contributed by atoms with Crippen LogP contribution in [-0.4, -0.2) is 50.9 Å². The van der Waals surface area contributed by atoms with Gasteiger partial charge < -0.3 is 15.0 Å². The van der Waals surface area contributed by atoms with E-state index in [1.54, 1.807) is 42.5 Å². The number of anilines is 1. The lowest BCUT2D eigenvalue weighted by Gasteiger charge is -2.34. The van der Waals surface area contributed by atoms with Crippen molar-refractivity contribution in [1.82, 2.24) is 10.2 Å². The molecule has 0 bridgehead atoms. The Morgan fingerprint density at radius 1 is 0.826 bits per heavy atom. The van der Waals surface area contributed by atoms with Gasteiger partial charge in [0.1, 0.15) is 18.3 Å². The topological polar surface area (TPSA) is 96.0 Å². The molecule has 242 valence electrons. The summed E-state index contributed by atoms with van der Waals surface area (Å²) in [5, 5.41) is 3.01. The standard InChI is InChI=1S/C36H40BrN3O5S/c1-3-5-24-38-36(42)34(25-28-12-8-6-9-13-28)39(26-29-16-18-30(37)19-17-29)35(41)27-40(31-14-10-7-11-15-31)46(43,44)33-22-20-32(21-23-33)45-4-2/h6-23,34H,3-5,24-27H2,1-2H3,(H,38,42). The normalized spacial score (nSPS) is 11.8. The highest BCUT2D eigenvalue weighted by Gasteiger charge is 2.34. The van der Waals surface area contributed by atoms with E-state index in [9.17, 15) is 18.0 Å². The van der Waals surface area contributed by atoms with Crippen molar-refractivity contribution in [3.05, 3.63) is 125 Å². The lowest BCUT2D eigenvalue weighted by molar-refractivity contribution is -0.140. The van der Waals surface area contributed by atoms with Crippen LogP contribution >= 0.6 is 15.9 Å². The number of nitrogens with zero attached hydrogens (tertiary/aromatic N) is 2. The summed E-state index contributed by atoms with van der Waals surface area (Å²) in [5.74, 6) is -0.251. The van der Waals surface area contributed by atoms with Crippen LogP contribution in [0.1, 0.15) is 37.8 Å². The fourth-order valence-electron chi connectivity index (χ4n) is 4.97. The molecular formula is C36H40BrN3O5S. The Kier molecular flexibility index (Phi) is 12.8. The van der Waals surface area contributed by atoms with Gasteiger partial charge in [0.25, 0.3) is 10.0 Å². The van der Waals surface area contributed by atoms with E-state index in [4.69, 9.17) is 4.74 Å². The third kappa shape index (κ3) is 9.43. The molecule has 0 aliphatic rings. The van der Waals surface area contributed by atoms with E-state index in [1.807, 2.05) is 68.4 Å². The molecule has 1 N–H and O–H groups in total. The number of carbonyl (C=O) groups excluding carboxylic acids is 2. The number of benzene rings is 4. The molecular weight excluding hydrogens is 666 g/mol. The second kappa shape index (κ2) is 17.0. The quantitative estimate of drug-likeness (QED) is 0.133. The van der Waals surface area contributed by atoms with Crippen LogP contribution in [0, 0.1) is 0 Å². The second-order valence-electron chi connectivity index (χ2n) is 10.7. The molecule has 4 aromatic carbocycles. The van der Waals surface area contributed by atoms with Crippen LogP contribution in [0.4, 0.5) is 5.69 Å². The minimum absolute atomic E-state index is 0.0187. The lowest BCUT2D eigenvalue weighted by Crippen LogP contribution is -2.53. The number of para-hydroxylation sites is 1. The van der Waals surface area contributed by atoms with Crippen molar-refractivity contribution in [3.63, 3.8) is 0 Å². The number of nitrogens with one attached hydrogen (secondary N) is 1. The minimum Gasteiger partial charge on any atom is -0.494 e. The number of hydrogen-bond donors (Lipinski definition) is 1. The number of carbonyl (C=O) groups is 2. The number of halogens is 1. The monoisotopic (exact) mass is 705 g/mol. The molecule has 4 aromatic rings. The molecule has 0 aliphatic carbocycles. The highest BCUT2D eigenvalue weighted by atomic mass is 79.9. The Morgan fingerprint density at radius 3 is 2.07 bits per heavy atom. The molecule has 0 heterocycles. The number of amides is 2. The average Bonchev–Trinajstić information content (AvgIpc) is 3.07. The maximum Gasteiger partial charge on any atom is 0.264 e. The third-order valence-corrected chi connectivity index (χ3v) is 9.73. The summed E-state index contributed by atoms with van der Waals surface area (Å²) in [6.45, 7) is 4.41. The molecule has 0 saturated heterocycles. The van der Waals surface area contributed by atoms with Crippen molar-refractivity contribution < 1.29 is 22.7 Å². The highest BCUT2D eigenvalue weighted by molar-refractivity contribution is 9.10. The summed E-state index contributed by atoms with van der Waals surface area (Å²) in [4.78, 5) is 29.8. The molecule has 0 radical (unpaired) electrons. The van der Waals surface area contributed by atoms with Crippen LogP contribution in [0.2, 0.25) is 0 Å². The van der Waals surface area contributed by atoms with Crippen LogP contribution in [0.25, 0.3) is 0 Å². The van der Waals surface area contributed by atoms with Crippen LogP contribution in [0.5, 0.6) is 5.75 Å². The summed E-state index contributed by atoms with van der Waals surface area (Å²) in [7, 11) is -4.19. The second-order valence-corrected chi connectivity index (χ2v) is 13.5. The van der Waals surface area contributed by atoms with Crippen molar-refractivity contribution in [1.29, 1.82) is 0 Å². The first-order valence-electron chi connectivity index (χ1n) is 15.4. The van der Waals surface area contributed by atoms with Crippen LogP contribution in [0.3, 0.4) is 0 Å². The van der Waals surface area contributed by atoms with E-state index in [0.29, 0.717) is 24.6 Å². The van der Waals surface area contributed by atoms with Gasteiger partial charge in [-0.1, -0.05) is 89.9 Å². The van der Waals surface area contributed by atoms with Crippen LogP contribution in [-0.2, 0) is 32.6 Å². The maximum absolute atomic E-state index is 14.5. The van der Waals surface area contributed by atoms with Gasteiger partial charge in [-0.25, -0.2) is 8.42 Å². The van der Waals surface area contributed by atoms with Gasteiger partial charge >= 0.3 is 0 Å². The van der Waals surface area contributed by atoms with E-state index < -0.39 is 28.5 Å². The van der Waals surface area contributed by atoms with Crippen molar-refractivity contribution in [2.75, 3.05) is 24.0 Å². The number of rotatable bonds is 16. The van der Waals surface area contributed by atoms with Crippen molar-refractivity contribution in [3.8, 4) is 5.75 Å². The number of sulfonamides is 1. The maximum atomic E-state index is 14.5. The molecule has 1 atom stereocenters. The van der Waals surface area contributed by atoms with E-state index >= 15 is 0 Å². The molecule has 8 nitrogen and oxygen atoms in total. The molecule has 0 saturated carbocycles. The summed E-state index contributed by atoms with van der Waals surface area (Å²) < 4.78 is 35.8. The molecule has 2 amide bonds. The fraction of sp³-hybridized carbons (Fsp3) is 0.278. The SMILES string of the molecule is CCCCNC(=O)C(Cc1ccccc1)N(Cc1ccc(Br)cc1)C(=O)CN(c1ccccc1)S(=O)(=O)c1ccc(OCC)cc1. The Balaban J connectivity index is 1.75. The van der Waals surface area contributed by atoms with Crippen molar-refractivity contribution >= 4 is 43.5 Å². The molecule has 10 heteroatoms. The van der Waals surface area contributed by atoms with E-state index in [-0.39, 0.29) is 23.8 Å². The van der Waals surface area contributed by atoms with E-state index in [2.05, 4.69) is 21.2 Å². The van der Waals surface area contributed by atoms with Crippen LogP contribution in [0.15, 0.2) is 119 Å². The zero-order valence-corrected chi connectivity index (χ0v) is 28.5. The van der Waals surface area contributed by atoms with Gasteiger partial charge in [-0.3, -0.25) is 13.9 Å². The molecule has 0 aliphatic heterocycles. The van der Waals surface area contributed by atoms with E-state index in [1.165, 1.54) is 17.0 Å². The molecule has 0 spiro atoms. The minimum atomic E-state index is -4.19. The van der Waals surface area contributed by atoms with Gasteiger partial charge in [0, 0.05) is 24.0 Å². The van der Waals surface area contributed by atoms with Gasteiger partial charge in [0.05, 0.1) is 17.2 Å². The molecule has 4 rings (SSSR count). The van der Waals surface area contributed by atoms with Crippen molar-refractivity contribution in [2.45, 2.75) is 50.6 Å². The van der Waals surface area contributed by atoms with E-state index in [0.717, 1.165) is 32.7 Å². The van der Waals surface area contributed by atoms with Gasteiger partial charge in [-0.05, 0) is 73.0 Å². The molecule has 0 aromatic heterocycles. The zero-order chi connectivity index (χ0) is 32.9. The first-order valence-corrected chi connectivity index (χ1v) is 17.6. The summed E-state index contributed by atoms with van der Waals surface area (Å²) in [6.07, 6.45) is 1.96. The largest absolute Gasteiger partial charge is 0.494 e. The average molecular weight is 707 g/mol. The summed E-state index contributed by atoms with van der Waals surface area (Å²) in [5.41, 5.74) is 2.02. The predicted octanol–water partition coefficient (Wildman–Crippen LogP) is 6.60. The Morgan fingerprint density at radius 2 is 1.46 bits per heavy atom. The van der Waals surface area contributed by atoms with Gasteiger partial charge in [-0.2, -0.15) is 0 Å². The highest BCUT2D eigenvalue weighted by Crippen LogP contribution is 2.26. The van der Waals surface area contributed by atoms with Crippen molar-refractivity contribution in [2.24, 2.45) is 0 Å². The Bertz CT molecular complexity index is 1650. The number of hydrogen-bond acceptors (Lipinski definition) is 5. The summed E-state index contributed by atoms with van der Waals surface area (Å²) >= 11 is 3.46. The molecule has 1 unspecified atom stereocenters. The number of unbranched alkanes of at least 4 members (excludes halogenated alkanes) is 1. The first-order chi connectivity index (χ1) is 22.2. The first kappa shape index (κ1) is 34.7. The summed E-state index contributed by atoms with van der Waals surface area (Å²) in [6, 6.07) is 30.8. The zero-order valence-electron chi connectivity index (χ0n) is 26.1. The predicted molar refractivity (Wildman–Crippen MR) is 185 cm³/mol. The number of ether oxygens (including phenoxy) is 1.